The Hall–Kier alpha value is -2.28. The largest absolute Gasteiger partial charge is 0.486 e. The molecule has 2 unspecified atom stereocenters. The zero-order valence-electron chi connectivity index (χ0n) is 13.4. The summed E-state index contributed by atoms with van der Waals surface area (Å²) in [5.74, 6) is -0.739. The van der Waals surface area contributed by atoms with E-state index in [1.165, 1.54) is 0 Å². The maximum absolute atomic E-state index is 12.5. The number of anilines is 1. The molecule has 0 saturated carbocycles. The molecule has 0 aromatic heterocycles. The number of hydrogen-bond donors (Lipinski definition) is 2. The van der Waals surface area contributed by atoms with Gasteiger partial charge in [-0.25, -0.2) is 4.79 Å². The molecular weight excluding hydrogens is 312 g/mol. The van der Waals surface area contributed by atoms with Crippen molar-refractivity contribution in [2.24, 2.45) is 5.92 Å². The van der Waals surface area contributed by atoms with Gasteiger partial charge in [0.2, 0.25) is 0 Å². The van der Waals surface area contributed by atoms with Gasteiger partial charge in [-0.15, -0.1) is 0 Å². The number of benzene rings is 1. The van der Waals surface area contributed by atoms with Crippen molar-refractivity contribution >= 4 is 17.7 Å². The van der Waals surface area contributed by atoms with Crippen molar-refractivity contribution in [3.05, 3.63) is 24.3 Å². The highest BCUT2D eigenvalue weighted by Crippen LogP contribution is 2.27. The fraction of sp³-hybridized carbons (Fsp3) is 0.529. The molecule has 2 heterocycles. The van der Waals surface area contributed by atoms with Crippen molar-refractivity contribution in [1.82, 2.24) is 4.90 Å². The minimum Gasteiger partial charge on any atom is -0.486 e. The zero-order chi connectivity index (χ0) is 16.9. The molecule has 2 amide bonds. The van der Waals surface area contributed by atoms with Crippen molar-refractivity contribution in [3.8, 4) is 5.75 Å². The highest BCUT2D eigenvalue weighted by Gasteiger charge is 2.28. The average molecular weight is 334 g/mol. The normalized spacial score (nSPS) is 23.8. The number of nitrogens with zero attached hydrogens (tertiary/aromatic N) is 1. The number of ether oxygens (including phenoxy) is 2. The first-order valence-electron chi connectivity index (χ1n) is 8.25. The minimum atomic E-state index is -0.850. The molecule has 0 bridgehead atoms. The highest BCUT2D eigenvalue weighted by molar-refractivity contribution is 5.91. The molecule has 0 aliphatic carbocycles. The van der Waals surface area contributed by atoms with Crippen LogP contribution in [0.5, 0.6) is 5.75 Å². The van der Waals surface area contributed by atoms with Gasteiger partial charge in [0.05, 0.1) is 24.8 Å². The molecule has 2 aliphatic heterocycles. The first-order chi connectivity index (χ1) is 11.6. The first kappa shape index (κ1) is 16.6. The van der Waals surface area contributed by atoms with Gasteiger partial charge in [0.25, 0.3) is 0 Å². The molecule has 7 heteroatoms. The van der Waals surface area contributed by atoms with Crippen LogP contribution in [-0.2, 0) is 9.53 Å². The summed E-state index contributed by atoms with van der Waals surface area (Å²) >= 11 is 0. The van der Waals surface area contributed by atoms with Crippen molar-refractivity contribution in [1.29, 1.82) is 0 Å². The molecule has 3 rings (SSSR count). The maximum atomic E-state index is 12.5. The summed E-state index contributed by atoms with van der Waals surface area (Å²) in [4.78, 5) is 25.2. The average Bonchev–Trinajstić information content (AvgIpc) is 3.10. The maximum Gasteiger partial charge on any atom is 0.321 e. The predicted molar refractivity (Wildman–Crippen MR) is 87.2 cm³/mol. The molecule has 0 radical (unpaired) electrons. The topological polar surface area (TPSA) is 88.1 Å². The number of hydrogen-bond acceptors (Lipinski definition) is 4. The van der Waals surface area contributed by atoms with E-state index >= 15 is 0 Å². The molecule has 0 spiro atoms. The summed E-state index contributed by atoms with van der Waals surface area (Å²) < 4.78 is 11.2. The van der Waals surface area contributed by atoms with E-state index in [-0.39, 0.29) is 18.7 Å². The third-order valence-electron chi connectivity index (χ3n) is 4.37. The molecule has 24 heavy (non-hydrogen) atoms. The molecule has 7 nitrogen and oxygen atoms in total. The molecular formula is C17H22N2O5. The van der Waals surface area contributed by atoms with Crippen LogP contribution in [-0.4, -0.2) is 54.4 Å². The van der Waals surface area contributed by atoms with Gasteiger partial charge in [-0.1, -0.05) is 12.1 Å². The number of nitrogens with one attached hydrogen (secondary N) is 1. The summed E-state index contributed by atoms with van der Waals surface area (Å²) in [6.07, 6.45) is 2.13. The van der Waals surface area contributed by atoms with Crippen molar-refractivity contribution in [2.45, 2.75) is 25.4 Å². The van der Waals surface area contributed by atoms with Crippen LogP contribution in [0, 0.1) is 5.92 Å². The molecule has 2 saturated heterocycles. The Labute approximate surface area is 140 Å². The van der Waals surface area contributed by atoms with E-state index in [4.69, 9.17) is 14.6 Å². The summed E-state index contributed by atoms with van der Waals surface area (Å²) in [7, 11) is 0. The van der Waals surface area contributed by atoms with Crippen LogP contribution in [0.4, 0.5) is 10.5 Å². The van der Waals surface area contributed by atoms with Crippen LogP contribution in [0.3, 0.4) is 0 Å². The fourth-order valence-corrected chi connectivity index (χ4v) is 3.02. The van der Waals surface area contributed by atoms with Crippen molar-refractivity contribution < 1.29 is 24.2 Å². The number of rotatable bonds is 4. The minimum absolute atomic E-state index is 0.00516. The van der Waals surface area contributed by atoms with Crippen LogP contribution >= 0.6 is 0 Å². The second-order valence-corrected chi connectivity index (χ2v) is 6.15. The quantitative estimate of drug-likeness (QED) is 0.881. The van der Waals surface area contributed by atoms with E-state index < -0.39 is 11.9 Å². The molecule has 1 aromatic carbocycles. The number of likely N-dealkylation sites (tertiary alicyclic amines) is 1. The lowest BCUT2D eigenvalue weighted by Crippen LogP contribution is -2.44. The van der Waals surface area contributed by atoms with Gasteiger partial charge in [-0.2, -0.15) is 0 Å². The van der Waals surface area contributed by atoms with Crippen molar-refractivity contribution in [2.75, 3.05) is 31.6 Å². The van der Waals surface area contributed by atoms with Crippen LogP contribution in [0.2, 0.25) is 0 Å². The number of carbonyl (C=O) groups is 2. The van der Waals surface area contributed by atoms with E-state index in [2.05, 4.69) is 5.32 Å². The Balaban J connectivity index is 1.64. The summed E-state index contributed by atoms with van der Waals surface area (Å²) in [6.45, 7) is 2.04. The van der Waals surface area contributed by atoms with E-state index in [1.54, 1.807) is 11.0 Å². The van der Waals surface area contributed by atoms with E-state index in [0.717, 1.165) is 6.42 Å². The van der Waals surface area contributed by atoms with Gasteiger partial charge in [0, 0.05) is 19.5 Å². The Kier molecular flexibility index (Phi) is 5.20. The smallest absolute Gasteiger partial charge is 0.321 e. The zero-order valence-corrected chi connectivity index (χ0v) is 13.4. The number of aliphatic carboxylic acids is 1. The van der Waals surface area contributed by atoms with Crippen LogP contribution in [0.1, 0.15) is 19.3 Å². The van der Waals surface area contributed by atoms with Gasteiger partial charge in [-0.05, 0) is 25.0 Å². The third-order valence-corrected chi connectivity index (χ3v) is 4.37. The van der Waals surface area contributed by atoms with Gasteiger partial charge in [0.1, 0.15) is 11.9 Å². The number of carboxylic acids is 1. The number of carbonyl (C=O) groups excluding carboxylic acids is 1. The molecule has 2 fully saturated rings. The molecule has 2 N–H and O–H groups in total. The second kappa shape index (κ2) is 7.53. The van der Waals surface area contributed by atoms with Crippen LogP contribution < -0.4 is 10.1 Å². The highest BCUT2D eigenvalue weighted by atomic mass is 16.5. The third kappa shape index (κ3) is 3.97. The Bertz CT molecular complexity index is 600. The Morgan fingerprint density at radius 2 is 2.12 bits per heavy atom. The summed E-state index contributed by atoms with van der Waals surface area (Å²) in [6, 6.07) is 6.97. The number of urea groups is 1. The Morgan fingerprint density at radius 3 is 2.88 bits per heavy atom. The lowest BCUT2D eigenvalue weighted by Gasteiger charge is -2.31. The van der Waals surface area contributed by atoms with Gasteiger partial charge in [-0.3, -0.25) is 4.79 Å². The lowest BCUT2D eigenvalue weighted by molar-refractivity contribution is -0.143. The predicted octanol–water partition coefficient (Wildman–Crippen LogP) is 2.18. The summed E-state index contributed by atoms with van der Waals surface area (Å²) in [5, 5.41) is 12.0. The molecule has 2 aliphatic rings. The molecule has 130 valence electrons. The van der Waals surface area contributed by atoms with Crippen LogP contribution in [0.25, 0.3) is 0 Å². The summed E-state index contributed by atoms with van der Waals surface area (Å²) in [5.41, 5.74) is 0.590. The standard InChI is InChI=1S/C17H22N2O5/c20-16(21)12-4-3-8-19(10-12)17(22)18-14-5-1-2-6-15(14)24-13-7-9-23-11-13/h1-2,5-6,12-13H,3-4,7-11H2,(H,18,22)(H,20,21). The number of amides is 2. The number of piperidine rings is 1. The Morgan fingerprint density at radius 1 is 1.29 bits per heavy atom. The monoisotopic (exact) mass is 334 g/mol. The number of carboxylic acid groups (broad SMARTS) is 1. The number of para-hydroxylation sites is 2. The molecule has 1 aromatic rings. The van der Waals surface area contributed by atoms with Gasteiger partial charge in [0.15, 0.2) is 0 Å². The second-order valence-electron chi connectivity index (χ2n) is 6.15. The first-order valence-corrected chi connectivity index (χ1v) is 8.25. The van der Waals surface area contributed by atoms with E-state index in [9.17, 15) is 9.59 Å². The molecule has 2 atom stereocenters. The lowest BCUT2D eigenvalue weighted by atomic mass is 9.99. The van der Waals surface area contributed by atoms with Gasteiger partial charge < -0.3 is 24.8 Å². The SMILES string of the molecule is O=C(O)C1CCCN(C(=O)Nc2ccccc2OC2CCOC2)C1. The van der Waals surface area contributed by atoms with E-state index in [0.29, 0.717) is 44.0 Å². The van der Waals surface area contributed by atoms with E-state index in [1.807, 2.05) is 18.2 Å². The van der Waals surface area contributed by atoms with Crippen LogP contribution in [0.15, 0.2) is 24.3 Å². The van der Waals surface area contributed by atoms with Gasteiger partial charge >= 0.3 is 12.0 Å². The van der Waals surface area contributed by atoms with Crippen molar-refractivity contribution in [3.63, 3.8) is 0 Å². The fourth-order valence-electron chi connectivity index (χ4n) is 3.02.